The van der Waals surface area contributed by atoms with E-state index in [2.05, 4.69) is 0 Å². The largest absolute Gasteiger partial charge is 0.366 e. The van der Waals surface area contributed by atoms with Crippen LogP contribution in [0.15, 0.2) is 54.6 Å². The van der Waals surface area contributed by atoms with E-state index >= 15 is 0 Å². The minimum Gasteiger partial charge on any atom is -0.366 e. The predicted octanol–water partition coefficient (Wildman–Crippen LogP) is 4.36. The monoisotopic (exact) mass is 354 g/mol. The number of nitrogens with two attached hydrogens (primary N) is 1. The molecule has 0 aliphatic heterocycles. The number of nitrogens with zero attached hydrogens (tertiary/aromatic N) is 1. The van der Waals surface area contributed by atoms with Gasteiger partial charge in [0.2, 0.25) is 5.91 Å². The third kappa shape index (κ3) is 2.50. The van der Waals surface area contributed by atoms with Crippen LogP contribution in [0.3, 0.4) is 0 Å². The molecule has 4 aromatic rings. The molecule has 6 heteroatoms. The second kappa shape index (κ2) is 5.91. The van der Waals surface area contributed by atoms with Gasteiger partial charge in [0.25, 0.3) is 0 Å². The fourth-order valence-electron chi connectivity index (χ4n) is 3.33. The number of hydrogen-bond acceptors (Lipinski definition) is 1. The minimum absolute atomic E-state index is 0.0252. The first-order chi connectivity index (χ1) is 12.5. The van der Waals surface area contributed by atoms with E-state index in [9.17, 15) is 18.0 Å². The Morgan fingerprint density at radius 1 is 0.923 bits per heavy atom. The van der Waals surface area contributed by atoms with E-state index in [0.29, 0.717) is 21.8 Å². The lowest BCUT2D eigenvalue weighted by atomic mass is 10.1. The Labute approximate surface area is 146 Å². The van der Waals surface area contributed by atoms with E-state index in [0.717, 1.165) is 18.2 Å². The molecule has 3 nitrogen and oxygen atoms in total. The van der Waals surface area contributed by atoms with E-state index in [1.54, 1.807) is 28.8 Å². The van der Waals surface area contributed by atoms with Gasteiger partial charge in [-0.2, -0.15) is 0 Å². The van der Waals surface area contributed by atoms with Crippen LogP contribution in [0.2, 0.25) is 0 Å². The van der Waals surface area contributed by atoms with Crippen molar-refractivity contribution in [3.8, 4) is 0 Å². The van der Waals surface area contributed by atoms with E-state index in [1.165, 1.54) is 12.1 Å². The van der Waals surface area contributed by atoms with Crippen molar-refractivity contribution in [3.05, 3.63) is 83.2 Å². The second-order valence-corrected chi connectivity index (χ2v) is 6.05. The average Bonchev–Trinajstić information content (AvgIpc) is 2.91. The molecule has 0 saturated carbocycles. The molecule has 2 N–H and O–H groups in total. The summed E-state index contributed by atoms with van der Waals surface area (Å²) in [5.74, 6) is -2.20. The molecule has 4 rings (SSSR count). The molecule has 0 aliphatic rings. The summed E-state index contributed by atoms with van der Waals surface area (Å²) in [6.45, 7) is 0.0252. The molecule has 3 aromatic carbocycles. The SMILES string of the molecule is NC(=O)c1cccc2c1c1cc(F)ccc1n2Cc1cc(F)ccc1F. The minimum atomic E-state index is -0.643. The number of benzene rings is 3. The van der Waals surface area contributed by atoms with Gasteiger partial charge in [0.15, 0.2) is 0 Å². The normalized spacial score (nSPS) is 11.3. The zero-order valence-electron chi connectivity index (χ0n) is 13.5. The molecule has 1 aromatic heterocycles. The summed E-state index contributed by atoms with van der Waals surface area (Å²) in [7, 11) is 0. The Morgan fingerprint density at radius 2 is 1.65 bits per heavy atom. The maximum absolute atomic E-state index is 14.1. The number of carbonyl (C=O) groups is 1. The lowest BCUT2D eigenvalue weighted by Gasteiger charge is -2.09. The van der Waals surface area contributed by atoms with Crippen molar-refractivity contribution in [1.82, 2.24) is 4.57 Å². The first-order valence-electron chi connectivity index (χ1n) is 7.90. The van der Waals surface area contributed by atoms with Crippen LogP contribution in [0.1, 0.15) is 15.9 Å². The molecule has 0 fully saturated rings. The van der Waals surface area contributed by atoms with Crippen molar-refractivity contribution < 1.29 is 18.0 Å². The summed E-state index contributed by atoms with van der Waals surface area (Å²) in [6, 6.07) is 12.3. The Balaban J connectivity index is 2.06. The van der Waals surface area contributed by atoms with Crippen LogP contribution < -0.4 is 5.73 Å². The Hall–Kier alpha value is -3.28. The maximum Gasteiger partial charge on any atom is 0.249 e. The number of rotatable bonds is 3. The zero-order chi connectivity index (χ0) is 18.4. The number of fused-ring (bicyclic) bond motifs is 3. The third-order valence-corrected chi connectivity index (χ3v) is 4.45. The summed E-state index contributed by atoms with van der Waals surface area (Å²) in [5, 5.41) is 0.984. The molecule has 0 radical (unpaired) electrons. The molecule has 0 unspecified atom stereocenters. The number of carbonyl (C=O) groups excluding carboxylic acids is 1. The Bertz CT molecular complexity index is 1180. The van der Waals surface area contributed by atoms with Crippen molar-refractivity contribution in [2.75, 3.05) is 0 Å². The molecule has 0 bridgehead atoms. The molecule has 0 spiro atoms. The van der Waals surface area contributed by atoms with Gasteiger partial charge in [-0.05, 0) is 48.5 Å². The molecule has 0 atom stereocenters. The number of halogens is 3. The number of hydrogen-bond donors (Lipinski definition) is 1. The van der Waals surface area contributed by atoms with E-state index in [-0.39, 0.29) is 17.7 Å². The molecule has 26 heavy (non-hydrogen) atoms. The predicted molar refractivity (Wildman–Crippen MR) is 93.4 cm³/mol. The fourth-order valence-corrected chi connectivity index (χ4v) is 3.33. The van der Waals surface area contributed by atoms with Crippen molar-refractivity contribution >= 4 is 27.7 Å². The standard InChI is InChI=1S/C20H13F3N2O/c21-12-4-6-16(23)11(8-12)10-25-17-7-5-13(22)9-15(17)19-14(20(24)26)2-1-3-18(19)25/h1-9H,10H2,(H2,24,26). The smallest absolute Gasteiger partial charge is 0.249 e. The van der Waals surface area contributed by atoms with Crippen molar-refractivity contribution in [2.45, 2.75) is 6.54 Å². The van der Waals surface area contributed by atoms with Gasteiger partial charge in [-0.1, -0.05) is 6.07 Å². The molecular formula is C20H13F3N2O. The Kier molecular flexibility index (Phi) is 3.68. The number of aromatic nitrogens is 1. The van der Waals surface area contributed by atoms with Crippen LogP contribution in [0.5, 0.6) is 0 Å². The summed E-state index contributed by atoms with van der Waals surface area (Å²) in [4.78, 5) is 11.8. The highest BCUT2D eigenvalue weighted by atomic mass is 19.1. The van der Waals surface area contributed by atoms with Crippen LogP contribution in [0.25, 0.3) is 21.8 Å². The summed E-state index contributed by atoms with van der Waals surface area (Å²) >= 11 is 0. The summed E-state index contributed by atoms with van der Waals surface area (Å²) in [6.07, 6.45) is 0. The van der Waals surface area contributed by atoms with E-state index in [4.69, 9.17) is 5.73 Å². The van der Waals surface area contributed by atoms with Crippen LogP contribution in [0, 0.1) is 17.5 Å². The first-order valence-corrected chi connectivity index (χ1v) is 7.90. The molecule has 0 aliphatic carbocycles. The van der Waals surface area contributed by atoms with Gasteiger partial charge >= 0.3 is 0 Å². The number of amides is 1. The second-order valence-electron chi connectivity index (χ2n) is 6.05. The van der Waals surface area contributed by atoms with Gasteiger partial charge in [-0.15, -0.1) is 0 Å². The topological polar surface area (TPSA) is 48.0 Å². The average molecular weight is 354 g/mol. The van der Waals surface area contributed by atoms with Crippen molar-refractivity contribution in [3.63, 3.8) is 0 Å². The van der Waals surface area contributed by atoms with Crippen molar-refractivity contribution in [2.24, 2.45) is 5.73 Å². The lowest BCUT2D eigenvalue weighted by Crippen LogP contribution is -2.11. The fraction of sp³-hybridized carbons (Fsp3) is 0.0500. The number of primary amides is 1. The van der Waals surface area contributed by atoms with Gasteiger partial charge in [0.1, 0.15) is 17.5 Å². The van der Waals surface area contributed by atoms with Gasteiger partial charge in [0, 0.05) is 27.4 Å². The van der Waals surface area contributed by atoms with E-state index < -0.39 is 23.4 Å². The highest BCUT2D eigenvalue weighted by Crippen LogP contribution is 2.33. The van der Waals surface area contributed by atoms with Crippen LogP contribution in [-0.4, -0.2) is 10.5 Å². The van der Waals surface area contributed by atoms with Gasteiger partial charge in [0.05, 0.1) is 12.1 Å². The van der Waals surface area contributed by atoms with Crippen molar-refractivity contribution in [1.29, 1.82) is 0 Å². The van der Waals surface area contributed by atoms with Crippen LogP contribution >= 0.6 is 0 Å². The molecule has 1 heterocycles. The van der Waals surface area contributed by atoms with Gasteiger partial charge in [-0.3, -0.25) is 4.79 Å². The molecule has 0 saturated heterocycles. The highest BCUT2D eigenvalue weighted by molar-refractivity contribution is 6.17. The first kappa shape index (κ1) is 16.2. The maximum atomic E-state index is 14.1. The third-order valence-electron chi connectivity index (χ3n) is 4.45. The Morgan fingerprint density at radius 3 is 2.42 bits per heavy atom. The zero-order valence-corrected chi connectivity index (χ0v) is 13.5. The summed E-state index contributed by atoms with van der Waals surface area (Å²) in [5.41, 5.74) is 7.05. The van der Waals surface area contributed by atoms with Crippen LogP contribution in [0.4, 0.5) is 13.2 Å². The quantitative estimate of drug-likeness (QED) is 0.584. The molecular weight excluding hydrogens is 341 g/mol. The van der Waals surface area contributed by atoms with Gasteiger partial charge in [-0.25, -0.2) is 13.2 Å². The van der Waals surface area contributed by atoms with Gasteiger partial charge < -0.3 is 10.3 Å². The molecule has 1 amide bonds. The highest BCUT2D eigenvalue weighted by Gasteiger charge is 2.18. The van der Waals surface area contributed by atoms with Crippen LogP contribution in [-0.2, 0) is 6.54 Å². The summed E-state index contributed by atoms with van der Waals surface area (Å²) < 4.78 is 43.2. The lowest BCUT2D eigenvalue weighted by molar-refractivity contribution is 0.100. The van der Waals surface area contributed by atoms with E-state index in [1.807, 2.05) is 0 Å². The molecule has 130 valence electrons.